The first kappa shape index (κ1) is 16.0. The molecule has 0 saturated carbocycles. The minimum atomic E-state index is 0.848. The van der Waals surface area contributed by atoms with Crippen LogP contribution in [0.2, 0.25) is 0 Å². The van der Waals surface area contributed by atoms with Crippen molar-refractivity contribution >= 4 is 28.2 Å². The molecule has 0 radical (unpaired) electrons. The van der Waals surface area contributed by atoms with Gasteiger partial charge in [0.05, 0.1) is 17.6 Å². The quantitative estimate of drug-likeness (QED) is 0.417. The Morgan fingerprint density at radius 1 is 0.769 bits per heavy atom. The molecule has 2 nitrogen and oxygen atoms in total. The van der Waals surface area contributed by atoms with Crippen LogP contribution < -0.4 is 0 Å². The Bertz CT molecular complexity index is 1030. The van der Waals surface area contributed by atoms with Crippen LogP contribution in [0.5, 0.6) is 0 Å². The van der Waals surface area contributed by atoms with Gasteiger partial charge in [-0.2, -0.15) is 0 Å². The minimum absolute atomic E-state index is 0.848. The lowest BCUT2D eigenvalue weighted by molar-refractivity contribution is 1.33. The van der Waals surface area contributed by atoms with E-state index in [4.69, 9.17) is 4.99 Å². The van der Waals surface area contributed by atoms with Crippen molar-refractivity contribution in [2.75, 3.05) is 0 Å². The summed E-state index contributed by atoms with van der Waals surface area (Å²) in [4.78, 5) is 9.43. The second-order valence-electron chi connectivity index (χ2n) is 6.00. The maximum atomic E-state index is 5.04. The highest BCUT2D eigenvalue weighted by atomic mass is 14.8. The number of fused-ring (bicyclic) bond motifs is 1. The molecule has 0 bridgehead atoms. The van der Waals surface area contributed by atoms with Crippen LogP contribution in [-0.4, -0.2) is 10.7 Å². The van der Waals surface area contributed by atoms with Gasteiger partial charge in [0.2, 0.25) is 0 Å². The molecule has 26 heavy (non-hydrogen) atoms. The highest BCUT2D eigenvalue weighted by Crippen LogP contribution is 2.30. The number of rotatable bonds is 4. The maximum absolute atomic E-state index is 5.04. The third-order valence-corrected chi connectivity index (χ3v) is 4.34. The summed E-state index contributed by atoms with van der Waals surface area (Å²) >= 11 is 0. The molecule has 0 aliphatic carbocycles. The Labute approximate surface area is 153 Å². The topological polar surface area (TPSA) is 25.2 Å². The van der Waals surface area contributed by atoms with E-state index in [0.29, 0.717) is 0 Å². The van der Waals surface area contributed by atoms with Crippen LogP contribution in [0.25, 0.3) is 16.8 Å². The van der Waals surface area contributed by atoms with E-state index in [1.54, 1.807) is 0 Å². The summed E-state index contributed by atoms with van der Waals surface area (Å²) < 4.78 is 0. The number of benzene rings is 3. The van der Waals surface area contributed by atoms with Crippen LogP contribution in [0, 0.1) is 0 Å². The van der Waals surface area contributed by atoms with E-state index in [9.17, 15) is 0 Å². The zero-order chi connectivity index (χ0) is 17.8. The monoisotopic (exact) mass is 334 g/mol. The van der Waals surface area contributed by atoms with Crippen molar-refractivity contribution in [3.05, 3.63) is 115 Å². The summed E-state index contributed by atoms with van der Waals surface area (Å²) in [5.74, 6) is 0. The first-order valence-electron chi connectivity index (χ1n) is 8.55. The fourth-order valence-corrected chi connectivity index (χ4v) is 3.11. The Balaban J connectivity index is 2.00. The Hall–Kier alpha value is -3.52. The molecular formula is C24H18N2. The Morgan fingerprint density at radius 2 is 1.42 bits per heavy atom. The second kappa shape index (κ2) is 7.16. The first-order chi connectivity index (χ1) is 12.9. The number of hydrogen-bond donors (Lipinski definition) is 0. The lowest BCUT2D eigenvalue weighted by Gasteiger charge is -2.10. The van der Waals surface area contributed by atoms with Gasteiger partial charge in [-0.1, -0.05) is 91.5 Å². The van der Waals surface area contributed by atoms with Crippen LogP contribution >= 0.6 is 0 Å². The van der Waals surface area contributed by atoms with Gasteiger partial charge in [0, 0.05) is 28.1 Å². The predicted octanol–water partition coefficient (Wildman–Crippen LogP) is 6.05. The maximum Gasteiger partial charge on any atom is 0.0904 e. The molecule has 4 aromatic rings. The van der Waals surface area contributed by atoms with Crippen LogP contribution in [0.3, 0.4) is 0 Å². The number of pyridine rings is 1. The molecule has 4 rings (SSSR count). The zero-order valence-electron chi connectivity index (χ0n) is 14.3. The number of nitrogens with zero attached hydrogens (tertiary/aromatic N) is 2. The van der Waals surface area contributed by atoms with Gasteiger partial charge in [-0.3, -0.25) is 4.98 Å². The van der Waals surface area contributed by atoms with Crippen molar-refractivity contribution < 1.29 is 0 Å². The van der Waals surface area contributed by atoms with Gasteiger partial charge in [-0.25, -0.2) is 4.99 Å². The summed E-state index contributed by atoms with van der Waals surface area (Å²) in [5, 5.41) is 2.13. The highest BCUT2D eigenvalue weighted by Gasteiger charge is 2.10. The Kier molecular flexibility index (Phi) is 4.40. The smallest absolute Gasteiger partial charge is 0.0904 e. The molecule has 2 heteroatoms. The van der Waals surface area contributed by atoms with Crippen molar-refractivity contribution in [1.29, 1.82) is 0 Å². The van der Waals surface area contributed by atoms with Gasteiger partial charge in [-0.15, -0.1) is 0 Å². The summed E-state index contributed by atoms with van der Waals surface area (Å²) in [7, 11) is 0. The van der Waals surface area contributed by atoms with Gasteiger partial charge in [0.1, 0.15) is 0 Å². The van der Waals surface area contributed by atoms with Crippen molar-refractivity contribution in [3.8, 4) is 0 Å². The molecule has 0 atom stereocenters. The minimum Gasteiger partial charge on any atom is -0.262 e. The van der Waals surface area contributed by atoms with Gasteiger partial charge in [0.25, 0.3) is 0 Å². The summed E-state index contributed by atoms with van der Waals surface area (Å²) in [6.07, 6.45) is 5.55. The first-order valence-corrected chi connectivity index (χ1v) is 8.55. The van der Waals surface area contributed by atoms with Gasteiger partial charge in [-0.05, 0) is 5.56 Å². The average molecular weight is 334 g/mol. The van der Waals surface area contributed by atoms with E-state index in [1.165, 1.54) is 0 Å². The molecule has 124 valence electrons. The van der Waals surface area contributed by atoms with Crippen molar-refractivity contribution in [2.45, 2.75) is 0 Å². The molecule has 1 heterocycles. The molecule has 0 N–H and O–H groups in total. The van der Waals surface area contributed by atoms with Crippen LogP contribution in [0.15, 0.2) is 103 Å². The molecule has 0 aliphatic rings. The third kappa shape index (κ3) is 3.05. The molecule has 0 fully saturated rings. The molecule has 3 aromatic carbocycles. The van der Waals surface area contributed by atoms with Crippen LogP contribution in [0.4, 0.5) is 5.69 Å². The predicted molar refractivity (Wildman–Crippen MR) is 110 cm³/mol. The van der Waals surface area contributed by atoms with E-state index < -0.39 is 0 Å². The number of aliphatic imine (C=N–C) groups is 1. The van der Waals surface area contributed by atoms with Gasteiger partial charge in [0.15, 0.2) is 0 Å². The lowest BCUT2D eigenvalue weighted by Crippen LogP contribution is -2.02. The van der Waals surface area contributed by atoms with E-state index in [-0.39, 0.29) is 0 Å². The molecule has 0 saturated heterocycles. The molecule has 1 aromatic heterocycles. The van der Waals surface area contributed by atoms with Crippen molar-refractivity contribution in [1.82, 2.24) is 4.98 Å². The molecular weight excluding hydrogens is 316 g/mol. The summed E-state index contributed by atoms with van der Waals surface area (Å²) in [6, 6.07) is 26.6. The number of hydrogen-bond acceptors (Lipinski definition) is 2. The average Bonchev–Trinajstić information content (AvgIpc) is 2.73. The van der Waals surface area contributed by atoms with E-state index in [1.807, 2.05) is 60.9 Å². The van der Waals surface area contributed by atoms with Gasteiger partial charge >= 0.3 is 0 Å². The van der Waals surface area contributed by atoms with Crippen LogP contribution in [0.1, 0.15) is 16.7 Å². The second-order valence-corrected chi connectivity index (χ2v) is 6.00. The fraction of sp³-hybridized carbons (Fsp3) is 0. The van der Waals surface area contributed by atoms with Crippen LogP contribution in [-0.2, 0) is 0 Å². The Morgan fingerprint density at radius 3 is 2.04 bits per heavy atom. The van der Waals surface area contributed by atoms with E-state index >= 15 is 0 Å². The van der Waals surface area contributed by atoms with Crippen molar-refractivity contribution in [3.63, 3.8) is 0 Å². The lowest BCUT2D eigenvalue weighted by atomic mass is 10.0. The molecule has 0 unspecified atom stereocenters. The summed E-state index contributed by atoms with van der Waals surface area (Å²) in [5.41, 5.74) is 4.99. The zero-order valence-corrected chi connectivity index (χ0v) is 14.3. The third-order valence-electron chi connectivity index (χ3n) is 4.34. The number of aromatic nitrogens is 1. The van der Waals surface area contributed by atoms with E-state index in [2.05, 4.69) is 48.0 Å². The largest absolute Gasteiger partial charge is 0.262 e. The molecule has 0 spiro atoms. The van der Waals surface area contributed by atoms with Crippen molar-refractivity contribution in [2.24, 2.45) is 4.99 Å². The molecule has 0 amide bonds. The normalized spacial score (nSPS) is 10.5. The van der Waals surface area contributed by atoms with Gasteiger partial charge < -0.3 is 0 Å². The standard InChI is InChI=1S/C24H18N2/c1-2-18-14-9-15-21-16-25-17-22(23(18)21)26-24(19-10-5-3-6-11-19)20-12-7-4-8-13-20/h2-17H,1H2. The SMILES string of the molecule is C=Cc1cccc2cncc(N=C(c3ccccc3)c3ccccc3)c12. The summed E-state index contributed by atoms with van der Waals surface area (Å²) in [6.45, 7) is 3.95. The fourth-order valence-electron chi connectivity index (χ4n) is 3.11. The molecule has 0 aliphatic heterocycles. The highest BCUT2D eigenvalue weighted by molar-refractivity contribution is 6.15. The van der Waals surface area contributed by atoms with E-state index in [0.717, 1.165) is 38.9 Å².